The van der Waals surface area contributed by atoms with Crippen molar-refractivity contribution in [1.29, 1.82) is 0 Å². The molecule has 0 aromatic carbocycles. The number of nitrogens with zero attached hydrogens (tertiary/aromatic N) is 2. The summed E-state index contributed by atoms with van der Waals surface area (Å²) in [6, 6.07) is 0. The zero-order valence-corrected chi connectivity index (χ0v) is 14.2. The van der Waals surface area contributed by atoms with E-state index in [9.17, 15) is 0 Å². The summed E-state index contributed by atoms with van der Waals surface area (Å²) < 4.78 is 5.44. The van der Waals surface area contributed by atoms with Crippen molar-refractivity contribution in [2.75, 3.05) is 44.4 Å². The fourth-order valence-electron chi connectivity index (χ4n) is 2.30. The van der Waals surface area contributed by atoms with Gasteiger partial charge in [0.05, 0.1) is 0 Å². The standard InChI is InChI=1S/C12H23N3OS.HI/c1-10-9-16-5-2-11(10)8-14-12(13)15-3-6-17-7-4-15;/h10-11H,2-9H2,1H3,(H2,13,14);1H. The molecule has 0 bridgehead atoms. The second-order valence-corrected chi connectivity index (χ2v) is 6.12. The van der Waals surface area contributed by atoms with Crippen LogP contribution in [-0.4, -0.2) is 55.2 Å². The van der Waals surface area contributed by atoms with Crippen LogP contribution in [0.4, 0.5) is 0 Å². The zero-order chi connectivity index (χ0) is 12.1. The molecule has 106 valence electrons. The fraction of sp³-hybridized carbons (Fsp3) is 0.917. The minimum absolute atomic E-state index is 0. The van der Waals surface area contributed by atoms with Crippen LogP contribution in [0.15, 0.2) is 4.99 Å². The molecule has 0 saturated carbocycles. The Kier molecular flexibility index (Phi) is 7.70. The minimum Gasteiger partial charge on any atom is -0.381 e. The Morgan fingerprint density at radius 3 is 2.83 bits per heavy atom. The SMILES string of the molecule is CC1COCCC1CN=C(N)N1CCSCC1.I. The van der Waals surface area contributed by atoms with Crippen LogP contribution in [0.3, 0.4) is 0 Å². The van der Waals surface area contributed by atoms with Gasteiger partial charge in [-0.25, -0.2) is 0 Å². The molecule has 6 heteroatoms. The maximum atomic E-state index is 6.05. The Balaban J connectivity index is 0.00000162. The van der Waals surface area contributed by atoms with E-state index in [1.807, 2.05) is 11.8 Å². The summed E-state index contributed by atoms with van der Waals surface area (Å²) in [6.45, 7) is 6.95. The summed E-state index contributed by atoms with van der Waals surface area (Å²) in [5.74, 6) is 4.33. The number of ether oxygens (including phenoxy) is 1. The van der Waals surface area contributed by atoms with Gasteiger partial charge in [-0.05, 0) is 18.3 Å². The average molecular weight is 385 g/mol. The number of guanidine groups is 1. The van der Waals surface area contributed by atoms with E-state index in [0.717, 1.165) is 45.2 Å². The summed E-state index contributed by atoms with van der Waals surface area (Å²) >= 11 is 1.99. The first kappa shape index (κ1) is 16.4. The van der Waals surface area contributed by atoms with Crippen LogP contribution < -0.4 is 5.73 Å². The van der Waals surface area contributed by atoms with E-state index in [2.05, 4.69) is 16.8 Å². The van der Waals surface area contributed by atoms with Gasteiger partial charge in [-0.1, -0.05) is 6.92 Å². The lowest BCUT2D eigenvalue weighted by atomic mass is 9.90. The smallest absolute Gasteiger partial charge is 0.191 e. The molecular formula is C12H24IN3OS. The largest absolute Gasteiger partial charge is 0.381 e. The van der Waals surface area contributed by atoms with Crippen molar-refractivity contribution in [3.8, 4) is 0 Å². The highest BCUT2D eigenvalue weighted by Crippen LogP contribution is 2.21. The van der Waals surface area contributed by atoms with Crippen LogP contribution in [0, 0.1) is 11.8 Å². The molecule has 2 aliphatic rings. The predicted molar refractivity (Wildman–Crippen MR) is 88.9 cm³/mol. The molecule has 18 heavy (non-hydrogen) atoms. The summed E-state index contributed by atoms with van der Waals surface area (Å²) in [7, 11) is 0. The van der Waals surface area contributed by atoms with Gasteiger partial charge < -0.3 is 15.4 Å². The van der Waals surface area contributed by atoms with Crippen LogP contribution in [0.25, 0.3) is 0 Å². The number of hydrogen-bond donors (Lipinski definition) is 1. The monoisotopic (exact) mass is 385 g/mol. The van der Waals surface area contributed by atoms with Gasteiger partial charge in [0.25, 0.3) is 0 Å². The number of nitrogens with two attached hydrogens (primary N) is 1. The molecule has 0 aromatic rings. The third-order valence-electron chi connectivity index (χ3n) is 3.64. The van der Waals surface area contributed by atoms with E-state index in [1.165, 1.54) is 11.5 Å². The van der Waals surface area contributed by atoms with Gasteiger partial charge in [0, 0.05) is 44.4 Å². The molecule has 0 spiro atoms. The van der Waals surface area contributed by atoms with Crippen molar-refractivity contribution < 1.29 is 4.74 Å². The molecular weight excluding hydrogens is 361 g/mol. The van der Waals surface area contributed by atoms with Crippen molar-refractivity contribution in [1.82, 2.24) is 4.90 Å². The van der Waals surface area contributed by atoms with E-state index >= 15 is 0 Å². The van der Waals surface area contributed by atoms with Crippen molar-refractivity contribution in [3.05, 3.63) is 0 Å². The molecule has 2 N–H and O–H groups in total. The number of rotatable bonds is 2. The second kappa shape index (κ2) is 8.47. The van der Waals surface area contributed by atoms with Gasteiger partial charge in [-0.2, -0.15) is 11.8 Å². The molecule has 2 fully saturated rings. The van der Waals surface area contributed by atoms with Crippen LogP contribution in [-0.2, 0) is 4.74 Å². The van der Waals surface area contributed by atoms with Gasteiger partial charge >= 0.3 is 0 Å². The Morgan fingerprint density at radius 2 is 2.17 bits per heavy atom. The third-order valence-corrected chi connectivity index (χ3v) is 4.58. The summed E-state index contributed by atoms with van der Waals surface area (Å²) in [6.07, 6.45) is 1.12. The van der Waals surface area contributed by atoms with Gasteiger partial charge in [-0.3, -0.25) is 4.99 Å². The fourth-order valence-corrected chi connectivity index (χ4v) is 3.20. The van der Waals surface area contributed by atoms with Crippen molar-refractivity contribution >= 4 is 41.7 Å². The van der Waals surface area contributed by atoms with Crippen LogP contribution in [0.5, 0.6) is 0 Å². The van der Waals surface area contributed by atoms with Gasteiger partial charge in [-0.15, -0.1) is 24.0 Å². The first-order valence-corrected chi connectivity index (χ1v) is 7.63. The lowest BCUT2D eigenvalue weighted by molar-refractivity contribution is 0.0273. The number of halogens is 1. The molecule has 2 rings (SSSR count). The van der Waals surface area contributed by atoms with Crippen LogP contribution in [0.2, 0.25) is 0 Å². The highest BCUT2D eigenvalue weighted by molar-refractivity contribution is 14.0. The first-order valence-electron chi connectivity index (χ1n) is 6.47. The van der Waals surface area contributed by atoms with E-state index < -0.39 is 0 Å². The molecule has 2 unspecified atom stereocenters. The molecule has 0 radical (unpaired) electrons. The van der Waals surface area contributed by atoms with Crippen LogP contribution in [0.1, 0.15) is 13.3 Å². The highest BCUT2D eigenvalue weighted by atomic mass is 127. The topological polar surface area (TPSA) is 50.9 Å². The minimum atomic E-state index is 0. The predicted octanol–water partition coefficient (Wildman–Crippen LogP) is 1.64. The van der Waals surface area contributed by atoms with Crippen molar-refractivity contribution in [2.45, 2.75) is 13.3 Å². The Bertz CT molecular complexity index is 272. The molecule has 0 amide bonds. The molecule has 0 aliphatic carbocycles. The zero-order valence-electron chi connectivity index (χ0n) is 11.0. The second-order valence-electron chi connectivity index (χ2n) is 4.90. The van der Waals surface area contributed by atoms with E-state index in [0.29, 0.717) is 11.8 Å². The van der Waals surface area contributed by atoms with Gasteiger partial charge in [0.1, 0.15) is 0 Å². The van der Waals surface area contributed by atoms with Crippen LogP contribution >= 0.6 is 35.7 Å². The summed E-state index contributed by atoms with van der Waals surface area (Å²) in [4.78, 5) is 6.79. The lowest BCUT2D eigenvalue weighted by Crippen LogP contribution is -2.43. The lowest BCUT2D eigenvalue weighted by Gasteiger charge is -2.30. The van der Waals surface area contributed by atoms with E-state index in [4.69, 9.17) is 10.5 Å². The molecule has 2 heterocycles. The van der Waals surface area contributed by atoms with E-state index in [-0.39, 0.29) is 24.0 Å². The average Bonchev–Trinajstić information content (AvgIpc) is 2.38. The van der Waals surface area contributed by atoms with E-state index in [1.54, 1.807) is 0 Å². The van der Waals surface area contributed by atoms with Gasteiger partial charge in [0.15, 0.2) is 5.96 Å². The number of aliphatic imine (C=N–C) groups is 1. The van der Waals surface area contributed by atoms with Crippen molar-refractivity contribution in [2.24, 2.45) is 22.6 Å². The molecule has 0 aromatic heterocycles. The maximum Gasteiger partial charge on any atom is 0.191 e. The Morgan fingerprint density at radius 1 is 1.44 bits per heavy atom. The molecule has 2 aliphatic heterocycles. The molecule has 2 atom stereocenters. The quantitative estimate of drug-likeness (QED) is 0.446. The highest BCUT2D eigenvalue weighted by Gasteiger charge is 2.22. The third kappa shape index (κ3) is 4.77. The number of hydrogen-bond acceptors (Lipinski definition) is 3. The Hall–Kier alpha value is 0.310. The van der Waals surface area contributed by atoms with Crippen molar-refractivity contribution in [3.63, 3.8) is 0 Å². The summed E-state index contributed by atoms with van der Waals surface area (Å²) in [5, 5.41) is 0. The maximum absolute atomic E-state index is 6.05. The first-order chi connectivity index (χ1) is 8.27. The molecule has 4 nitrogen and oxygen atoms in total. The molecule has 2 saturated heterocycles. The normalized spacial score (nSPS) is 29.8. The summed E-state index contributed by atoms with van der Waals surface area (Å²) in [5.41, 5.74) is 6.05. The number of thioether (sulfide) groups is 1. The Labute approximate surface area is 131 Å². The van der Waals surface area contributed by atoms with Gasteiger partial charge in [0.2, 0.25) is 0 Å².